The number of hydrogen-bond acceptors (Lipinski definition) is 1. The predicted octanol–water partition coefficient (Wildman–Crippen LogP) is 3.16. The van der Waals surface area contributed by atoms with Crippen molar-refractivity contribution < 1.29 is 13.2 Å². The Morgan fingerprint density at radius 2 is 1.69 bits per heavy atom. The first-order valence-corrected chi connectivity index (χ1v) is 3.88. The quantitative estimate of drug-likeness (QED) is 0.534. The predicted molar refractivity (Wildman–Crippen MR) is 43.9 cm³/mol. The zero-order chi connectivity index (χ0) is 9.90. The lowest BCUT2D eigenvalue weighted by Crippen LogP contribution is -2.28. The van der Waals surface area contributed by atoms with Gasteiger partial charge in [-0.15, -0.1) is 4.42 Å². The van der Waals surface area contributed by atoms with Gasteiger partial charge in [0.15, 0.2) is 0 Å². The molecule has 5 heteroatoms. The largest absolute Gasteiger partial charge is 0.474 e. The van der Waals surface area contributed by atoms with Gasteiger partial charge in [0.1, 0.15) is 0 Å². The van der Waals surface area contributed by atoms with Crippen LogP contribution in [0.1, 0.15) is 5.56 Å². The van der Waals surface area contributed by atoms with Gasteiger partial charge in [0.05, 0.1) is 0 Å². The second-order valence-electron chi connectivity index (χ2n) is 2.47. The standard InChI is InChI=1S/C8H7ClF3N/c9-13(8(10,11)12)6-7-4-2-1-3-5-7/h1-5H,6H2. The smallest absolute Gasteiger partial charge is 0.154 e. The summed E-state index contributed by atoms with van der Waals surface area (Å²) >= 11 is 5.00. The molecular weight excluding hydrogens is 203 g/mol. The van der Waals surface area contributed by atoms with Gasteiger partial charge in [-0.2, -0.15) is 13.2 Å². The van der Waals surface area contributed by atoms with Crippen LogP contribution in [0.3, 0.4) is 0 Å². The van der Waals surface area contributed by atoms with Gasteiger partial charge in [0.25, 0.3) is 0 Å². The molecule has 0 aliphatic carbocycles. The minimum absolute atomic E-state index is 0.178. The summed E-state index contributed by atoms with van der Waals surface area (Å²) in [7, 11) is 0. The Bertz CT molecular complexity index is 260. The molecule has 0 aliphatic heterocycles. The monoisotopic (exact) mass is 209 g/mol. The number of nitrogens with zero attached hydrogens (tertiary/aromatic N) is 1. The second kappa shape index (κ2) is 3.98. The first-order valence-electron chi connectivity index (χ1n) is 3.54. The molecule has 0 radical (unpaired) electrons. The number of alkyl halides is 3. The van der Waals surface area contributed by atoms with E-state index in [1.165, 1.54) is 0 Å². The highest BCUT2D eigenvalue weighted by molar-refractivity contribution is 6.13. The molecule has 0 heterocycles. The van der Waals surface area contributed by atoms with Crippen molar-refractivity contribution in [1.29, 1.82) is 0 Å². The van der Waals surface area contributed by atoms with Crippen LogP contribution in [0.25, 0.3) is 0 Å². The van der Waals surface area contributed by atoms with Crippen LogP contribution in [0.15, 0.2) is 30.3 Å². The normalized spacial score (nSPS) is 12.1. The van der Waals surface area contributed by atoms with E-state index in [1.807, 2.05) is 0 Å². The van der Waals surface area contributed by atoms with Crippen LogP contribution < -0.4 is 0 Å². The van der Waals surface area contributed by atoms with Crippen molar-refractivity contribution >= 4 is 11.8 Å². The summed E-state index contributed by atoms with van der Waals surface area (Å²) in [6.07, 6.45) is -4.49. The maximum Gasteiger partial charge on any atom is 0.474 e. The molecule has 0 fully saturated rings. The molecule has 0 saturated heterocycles. The van der Waals surface area contributed by atoms with Gasteiger partial charge in [0, 0.05) is 6.54 Å². The first kappa shape index (κ1) is 10.3. The molecule has 0 atom stereocenters. The van der Waals surface area contributed by atoms with Crippen LogP contribution in [-0.4, -0.2) is 10.7 Å². The lowest BCUT2D eigenvalue weighted by molar-refractivity contribution is -0.213. The molecule has 0 aromatic heterocycles. The van der Waals surface area contributed by atoms with Crippen LogP contribution in [-0.2, 0) is 6.54 Å². The Kier molecular flexibility index (Phi) is 3.17. The molecule has 0 unspecified atom stereocenters. The van der Waals surface area contributed by atoms with E-state index in [9.17, 15) is 13.2 Å². The maximum atomic E-state index is 11.9. The summed E-state index contributed by atoms with van der Waals surface area (Å²) in [6.45, 7) is -0.341. The lowest BCUT2D eigenvalue weighted by Gasteiger charge is -2.16. The van der Waals surface area contributed by atoms with Crippen molar-refractivity contribution in [2.45, 2.75) is 12.8 Å². The van der Waals surface area contributed by atoms with E-state index in [4.69, 9.17) is 11.8 Å². The lowest BCUT2D eigenvalue weighted by atomic mass is 10.2. The topological polar surface area (TPSA) is 3.24 Å². The van der Waals surface area contributed by atoms with Crippen LogP contribution in [0.5, 0.6) is 0 Å². The van der Waals surface area contributed by atoms with Gasteiger partial charge in [-0.05, 0) is 17.3 Å². The molecule has 0 aliphatic rings. The van der Waals surface area contributed by atoms with E-state index in [-0.39, 0.29) is 11.0 Å². The van der Waals surface area contributed by atoms with E-state index in [2.05, 4.69) is 0 Å². The highest BCUT2D eigenvalue weighted by atomic mass is 35.5. The molecule has 0 spiro atoms. The summed E-state index contributed by atoms with van der Waals surface area (Å²) in [5, 5.41) is 0. The molecule has 0 amide bonds. The van der Waals surface area contributed by atoms with Crippen LogP contribution in [0.4, 0.5) is 13.2 Å². The van der Waals surface area contributed by atoms with Gasteiger partial charge < -0.3 is 0 Å². The Balaban J connectivity index is 2.61. The molecule has 1 aromatic carbocycles. The van der Waals surface area contributed by atoms with E-state index < -0.39 is 6.30 Å². The zero-order valence-electron chi connectivity index (χ0n) is 6.55. The highest BCUT2D eigenvalue weighted by Crippen LogP contribution is 2.25. The van der Waals surface area contributed by atoms with Crippen molar-refractivity contribution in [3.05, 3.63) is 35.9 Å². The van der Waals surface area contributed by atoms with Gasteiger partial charge in [-0.3, -0.25) is 0 Å². The van der Waals surface area contributed by atoms with Crippen molar-refractivity contribution in [3.63, 3.8) is 0 Å². The van der Waals surface area contributed by atoms with E-state index in [1.54, 1.807) is 30.3 Å². The second-order valence-corrected chi connectivity index (χ2v) is 2.88. The minimum Gasteiger partial charge on any atom is -0.154 e. The van der Waals surface area contributed by atoms with Crippen molar-refractivity contribution in [2.24, 2.45) is 0 Å². The van der Waals surface area contributed by atoms with E-state index in [0.717, 1.165) is 0 Å². The number of halogens is 4. The molecule has 1 rings (SSSR count). The summed E-state index contributed by atoms with van der Waals surface area (Å²) < 4.78 is 35.6. The summed E-state index contributed by atoms with van der Waals surface area (Å²) in [5.41, 5.74) is 0.523. The Labute approximate surface area is 78.8 Å². The third kappa shape index (κ3) is 3.24. The summed E-state index contributed by atoms with van der Waals surface area (Å²) in [4.78, 5) is 0. The van der Waals surface area contributed by atoms with E-state index >= 15 is 0 Å². The minimum atomic E-state index is -4.49. The van der Waals surface area contributed by atoms with Gasteiger partial charge in [-0.25, -0.2) is 0 Å². The average molecular weight is 210 g/mol. The Morgan fingerprint density at radius 3 is 2.15 bits per heavy atom. The number of hydrogen-bond donors (Lipinski definition) is 0. The molecule has 1 nitrogen and oxygen atoms in total. The molecular formula is C8H7ClF3N. The fraction of sp³-hybridized carbons (Fsp3) is 0.250. The fourth-order valence-electron chi connectivity index (χ4n) is 0.833. The number of rotatable bonds is 2. The maximum absolute atomic E-state index is 11.9. The van der Waals surface area contributed by atoms with Gasteiger partial charge in [0.2, 0.25) is 0 Å². The molecule has 13 heavy (non-hydrogen) atoms. The van der Waals surface area contributed by atoms with Gasteiger partial charge >= 0.3 is 6.30 Å². The highest BCUT2D eigenvalue weighted by Gasteiger charge is 2.36. The van der Waals surface area contributed by atoms with E-state index in [0.29, 0.717) is 5.56 Å². The molecule has 72 valence electrons. The third-order valence-corrected chi connectivity index (χ3v) is 1.75. The van der Waals surface area contributed by atoms with Gasteiger partial charge in [-0.1, -0.05) is 30.3 Å². The Hall–Kier alpha value is -0.740. The van der Waals surface area contributed by atoms with Crippen LogP contribution in [0, 0.1) is 0 Å². The van der Waals surface area contributed by atoms with Crippen LogP contribution in [0.2, 0.25) is 0 Å². The summed E-state index contributed by atoms with van der Waals surface area (Å²) in [6, 6.07) is 8.23. The molecule has 0 saturated carbocycles. The first-order chi connectivity index (χ1) is 6.00. The Morgan fingerprint density at radius 1 is 1.15 bits per heavy atom. The zero-order valence-corrected chi connectivity index (χ0v) is 7.31. The SMILES string of the molecule is FC(F)(F)N(Cl)Cc1ccccc1. The van der Waals surface area contributed by atoms with Crippen molar-refractivity contribution in [2.75, 3.05) is 0 Å². The van der Waals surface area contributed by atoms with Crippen molar-refractivity contribution in [3.8, 4) is 0 Å². The molecule has 1 aromatic rings. The van der Waals surface area contributed by atoms with Crippen LogP contribution >= 0.6 is 11.8 Å². The molecule has 0 N–H and O–H groups in total. The average Bonchev–Trinajstić information content (AvgIpc) is 2.04. The van der Waals surface area contributed by atoms with Crippen molar-refractivity contribution in [1.82, 2.24) is 4.42 Å². The fourth-order valence-corrected chi connectivity index (χ4v) is 0.971. The number of benzene rings is 1. The third-order valence-electron chi connectivity index (χ3n) is 1.44. The molecule has 0 bridgehead atoms. The summed E-state index contributed by atoms with van der Waals surface area (Å²) in [5.74, 6) is 0.